The van der Waals surface area contributed by atoms with Gasteiger partial charge >= 0.3 is 5.97 Å². The van der Waals surface area contributed by atoms with Crippen LogP contribution >= 0.6 is 0 Å². The Morgan fingerprint density at radius 3 is 2.87 bits per heavy atom. The van der Waals surface area contributed by atoms with E-state index in [0.29, 0.717) is 5.82 Å². The number of carbonyl (C=O) groups is 1. The number of carboxylic acid groups (broad SMARTS) is 1. The quantitative estimate of drug-likeness (QED) is 0.729. The number of aromatic carboxylic acids is 1. The third kappa shape index (κ3) is 3.23. The molecule has 0 radical (unpaired) electrons. The molecule has 0 aliphatic carbocycles. The fourth-order valence-electron chi connectivity index (χ4n) is 1.21. The van der Waals surface area contributed by atoms with Crippen molar-refractivity contribution in [3.05, 3.63) is 23.4 Å². The van der Waals surface area contributed by atoms with Crippen LogP contribution in [0.1, 0.15) is 35.8 Å². The molecule has 0 aliphatic heterocycles. The van der Waals surface area contributed by atoms with E-state index in [2.05, 4.69) is 17.2 Å². The maximum atomic E-state index is 10.7. The van der Waals surface area contributed by atoms with Gasteiger partial charge in [-0.3, -0.25) is 0 Å². The number of rotatable bonds is 5. The molecule has 0 fully saturated rings. The van der Waals surface area contributed by atoms with E-state index in [4.69, 9.17) is 5.11 Å². The Morgan fingerprint density at radius 2 is 2.27 bits per heavy atom. The van der Waals surface area contributed by atoms with Crippen LogP contribution in [0.15, 0.2) is 12.1 Å². The fraction of sp³-hybridized carbons (Fsp3) is 0.455. The molecular formula is C11H16N2O2. The average Bonchev–Trinajstić information content (AvgIpc) is 2.20. The van der Waals surface area contributed by atoms with Crippen LogP contribution in [0.4, 0.5) is 5.82 Å². The van der Waals surface area contributed by atoms with Gasteiger partial charge in [0.25, 0.3) is 0 Å². The molecule has 0 unspecified atom stereocenters. The van der Waals surface area contributed by atoms with E-state index in [-0.39, 0.29) is 5.69 Å². The monoisotopic (exact) mass is 208 g/mol. The van der Waals surface area contributed by atoms with Gasteiger partial charge in [-0.25, -0.2) is 9.78 Å². The zero-order valence-electron chi connectivity index (χ0n) is 9.08. The van der Waals surface area contributed by atoms with Crippen molar-refractivity contribution in [2.75, 3.05) is 11.9 Å². The van der Waals surface area contributed by atoms with Crippen LogP contribution < -0.4 is 5.32 Å². The number of pyridine rings is 1. The lowest BCUT2D eigenvalue weighted by molar-refractivity contribution is 0.0690. The molecular weight excluding hydrogens is 192 g/mol. The number of anilines is 1. The van der Waals surface area contributed by atoms with Gasteiger partial charge in [0.05, 0.1) is 0 Å². The highest BCUT2D eigenvalue weighted by Gasteiger charge is 2.07. The highest BCUT2D eigenvalue weighted by molar-refractivity contribution is 5.85. The lowest BCUT2D eigenvalue weighted by Gasteiger charge is -2.08. The standard InChI is InChI=1S/C11H16N2O2/c1-3-4-7-12-10-8(2)5-6-9(13-10)11(14)15/h5-6H,3-4,7H2,1-2H3,(H,12,13)(H,14,15). The zero-order chi connectivity index (χ0) is 11.3. The summed E-state index contributed by atoms with van der Waals surface area (Å²) in [6.07, 6.45) is 2.16. The lowest BCUT2D eigenvalue weighted by atomic mass is 10.2. The van der Waals surface area contributed by atoms with Crippen LogP contribution in [0.2, 0.25) is 0 Å². The Morgan fingerprint density at radius 1 is 1.53 bits per heavy atom. The fourth-order valence-corrected chi connectivity index (χ4v) is 1.21. The molecule has 0 saturated heterocycles. The van der Waals surface area contributed by atoms with Crippen molar-refractivity contribution < 1.29 is 9.90 Å². The minimum Gasteiger partial charge on any atom is -0.477 e. The maximum absolute atomic E-state index is 10.7. The number of aryl methyl sites for hydroxylation is 1. The number of carboxylic acids is 1. The van der Waals surface area contributed by atoms with Gasteiger partial charge < -0.3 is 10.4 Å². The molecule has 0 bridgehead atoms. The Kier molecular flexibility index (Phi) is 4.09. The molecule has 0 spiro atoms. The molecule has 0 aromatic carbocycles. The van der Waals surface area contributed by atoms with Crippen LogP contribution in [-0.4, -0.2) is 22.6 Å². The topological polar surface area (TPSA) is 62.2 Å². The summed E-state index contributed by atoms with van der Waals surface area (Å²) < 4.78 is 0. The summed E-state index contributed by atoms with van der Waals surface area (Å²) in [5.41, 5.74) is 1.05. The second-order valence-electron chi connectivity index (χ2n) is 3.45. The number of hydrogen-bond donors (Lipinski definition) is 2. The number of aromatic nitrogens is 1. The highest BCUT2D eigenvalue weighted by Crippen LogP contribution is 2.12. The van der Waals surface area contributed by atoms with Crippen LogP contribution in [-0.2, 0) is 0 Å². The van der Waals surface area contributed by atoms with Gasteiger partial charge in [0.15, 0.2) is 5.69 Å². The molecule has 1 heterocycles. The molecule has 1 aromatic rings. The molecule has 4 heteroatoms. The largest absolute Gasteiger partial charge is 0.477 e. The molecule has 2 N–H and O–H groups in total. The third-order valence-corrected chi connectivity index (χ3v) is 2.14. The number of unbranched alkanes of at least 4 members (excludes halogenated alkanes) is 1. The van der Waals surface area contributed by atoms with Gasteiger partial charge in [0.1, 0.15) is 5.82 Å². The Hall–Kier alpha value is -1.58. The molecule has 0 aliphatic rings. The minimum absolute atomic E-state index is 0.0830. The summed E-state index contributed by atoms with van der Waals surface area (Å²) in [6.45, 7) is 4.84. The first-order chi connectivity index (χ1) is 7.15. The molecule has 0 amide bonds. The average molecular weight is 208 g/mol. The van der Waals surface area contributed by atoms with Crippen LogP contribution in [0.3, 0.4) is 0 Å². The minimum atomic E-state index is -0.992. The Balaban J connectivity index is 2.76. The van der Waals surface area contributed by atoms with E-state index >= 15 is 0 Å². The van der Waals surface area contributed by atoms with Gasteiger partial charge in [-0.1, -0.05) is 19.4 Å². The normalized spacial score (nSPS) is 10.0. The van der Waals surface area contributed by atoms with Gasteiger partial charge in [-0.05, 0) is 25.0 Å². The van der Waals surface area contributed by atoms with E-state index in [1.807, 2.05) is 6.92 Å². The summed E-state index contributed by atoms with van der Waals surface area (Å²) in [6, 6.07) is 3.29. The van der Waals surface area contributed by atoms with Gasteiger partial charge in [-0.2, -0.15) is 0 Å². The first-order valence-corrected chi connectivity index (χ1v) is 5.10. The molecule has 0 atom stereocenters. The molecule has 0 saturated carbocycles. The number of nitrogens with zero attached hydrogens (tertiary/aromatic N) is 1. The maximum Gasteiger partial charge on any atom is 0.354 e. The van der Waals surface area contributed by atoms with Crippen molar-refractivity contribution >= 4 is 11.8 Å². The summed E-state index contributed by atoms with van der Waals surface area (Å²) in [7, 11) is 0. The summed E-state index contributed by atoms with van der Waals surface area (Å²) in [5.74, 6) is -0.322. The summed E-state index contributed by atoms with van der Waals surface area (Å²) in [4.78, 5) is 14.7. The molecule has 1 aromatic heterocycles. The van der Waals surface area contributed by atoms with E-state index in [0.717, 1.165) is 24.9 Å². The van der Waals surface area contributed by atoms with Crippen LogP contribution in [0.5, 0.6) is 0 Å². The second kappa shape index (κ2) is 5.34. The smallest absolute Gasteiger partial charge is 0.354 e. The van der Waals surface area contributed by atoms with E-state index in [1.54, 1.807) is 6.07 Å². The molecule has 82 valence electrons. The van der Waals surface area contributed by atoms with Gasteiger partial charge in [-0.15, -0.1) is 0 Å². The second-order valence-corrected chi connectivity index (χ2v) is 3.45. The summed E-state index contributed by atoms with van der Waals surface area (Å²) >= 11 is 0. The Bertz CT molecular complexity index is 350. The van der Waals surface area contributed by atoms with Gasteiger partial charge in [0, 0.05) is 6.54 Å². The third-order valence-electron chi connectivity index (χ3n) is 2.14. The van der Waals surface area contributed by atoms with Crippen molar-refractivity contribution in [3.8, 4) is 0 Å². The van der Waals surface area contributed by atoms with Crippen LogP contribution in [0, 0.1) is 6.92 Å². The van der Waals surface area contributed by atoms with Crippen LogP contribution in [0.25, 0.3) is 0 Å². The first kappa shape index (κ1) is 11.5. The lowest BCUT2D eigenvalue weighted by Crippen LogP contribution is -2.08. The number of hydrogen-bond acceptors (Lipinski definition) is 3. The predicted octanol–water partition coefficient (Wildman–Crippen LogP) is 2.30. The molecule has 15 heavy (non-hydrogen) atoms. The predicted molar refractivity (Wildman–Crippen MR) is 59.3 cm³/mol. The molecule has 1 rings (SSSR count). The van der Waals surface area contributed by atoms with Crippen molar-refractivity contribution in [1.29, 1.82) is 0 Å². The van der Waals surface area contributed by atoms with Crippen molar-refractivity contribution in [3.63, 3.8) is 0 Å². The van der Waals surface area contributed by atoms with Crippen molar-refractivity contribution in [2.24, 2.45) is 0 Å². The SMILES string of the molecule is CCCCNc1nc(C(=O)O)ccc1C. The highest BCUT2D eigenvalue weighted by atomic mass is 16.4. The van der Waals surface area contributed by atoms with E-state index in [1.165, 1.54) is 6.07 Å². The van der Waals surface area contributed by atoms with Crippen molar-refractivity contribution in [1.82, 2.24) is 4.98 Å². The number of nitrogens with one attached hydrogen (secondary N) is 1. The first-order valence-electron chi connectivity index (χ1n) is 5.10. The van der Waals surface area contributed by atoms with Crippen molar-refractivity contribution in [2.45, 2.75) is 26.7 Å². The molecule has 4 nitrogen and oxygen atoms in total. The van der Waals surface area contributed by atoms with Gasteiger partial charge in [0.2, 0.25) is 0 Å². The van der Waals surface area contributed by atoms with E-state index < -0.39 is 5.97 Å². The zero-order valence-corrected chi connectivity index (χ0v) is 9.08. The van der Waals surface area contributed by atoms with E-state index in [9.17, 15) is 4.79 Å². The Labute approximate surface area is 89.3 Å². The summed E-state index contributed by atoms with van der Waals surface area (Å²) in [5, 5.41) is 11.9.